The molecular weight excluding hydrogens is 549 g/mol. The lowest BCUT2D eigenvalue weighted by molar-refractivity contribution is -0.129. The van der Waals surface area contributed by atoms with Gasteiger partial charge in [0.25, 0.3) is 0 Å². The van der Waals surface area contributed by atoms with Gasteiger partial charge in [-0.05, 0) is 48.9 Å². The predicted octanol–water partition coefficient (Wildman–Crippen LogP) is 7.26. The van der Waals surface area contributed by atoms with E-state index in [2.05, 4.69) is 26.0 Å². The van der Waals surface area contributed by atoms with E-state index >= 15 is 0 Å². The Morgan fingerprint density at radius 2 is 1.95 bits per heavy atom. The van der Waals surface area contributed by atoms with Gasteiger partial charge in [0, 0.05) is 60.9 Å². The van der Waals surface area contributed by atoms with Gasteiger partial charge in [-0.1, -0.05) is 11.8 Å². The van der Waals surface area contributed by atoms with Gasteiger partial charge < -0.3 is 15.0 Å². The molecule has 0 aliphatic carbocycles. The maximum absolute atomic E-state index is 11.7. The van der Waals surface area contributed by atoms with Crippen LogP contribution in [0, 0.1) is 6.92 Å². The molecule has 5 aromatic rings. The molecule has 11 heteroatoms. The number of carbonyl (C=O) groups is 1. The number of nitrogens with zero attached hydrogens (tertiary/aromatic N) is 5. The molecule has 6 heterocycles. The van der Waals surface area contributed by atoms with Gasteiger partial charge in [-0.2, -0.15) is 0 Å². The molecule has 1 aliphatic heterocycles. The zero-order chi connectivity index (χ0) is 26.8. The number of ether oxygens (including phenoxy) is 1. The summed E-state index contributed by atoms with van der Waals surface area (Å²) in [5.41, 5.74) is 3.04. The van der Waals surface area contributed by atoms with Gasteiger partial charge in [0.05, 0.1) is 27.0 Å². The van der Waals surface area contributed by atoms with E-state index < -0.39 is 0 Å². The summed E-state index contributed by atoms with van der Waals surface area (Å²) in [6, 6.07) is 7.89. The minimum Gasteiger partial charge on any atom is -0.454 e. The lowest BCUT2D eigenvalue weighted by Crippen LogP contribution is -2.36. The Balaban J connectivity index is 1.25. The number of fused-ring (bicyclic) bond motifs is 1. The van der Waals surface area contributed by atoms with Crippen molar-refractivity contribution in [1.29, 1.82) is 0 Å². The van der Waals surface area contributed by atoms with E-state index in [0.717, 1.165) is 62.3 Å². The van der Waals surface area contributed by atoms with Crippen molar-refractivity contribution in [2.45, 2.75) is 42.4 Å². The summed E-state index contributed by atoms with van der Waals surface area (Å²) in [5.74, 6) is 2.54. The van der Waals surface area contributed by atoms with Gasteiger partial charge in [-0.3, -0.25) is 14.8 Å². The fourth-order valence-electron chi connectivity index (χ4n) is 4.50. The second kappa shape index (κ2) is 11.3. The highest BCUT2D eigenvalue weighted by Gasteiger charge is 2.24. The smallest absolute Gasteiger partial charge is 0.219 e. The Hall–Kier alpha value is -3.54. The number of thiophene rings is 1. The molecule has 1 aliphatic rings. The summed E-state index contributed by atoms with van der Waals surface area (Å²) in [6.45, 7) is 5.20. The number of hydrogen-bond acceptors (Lipinski definition) is 10. The average molecular weight is 575 g/mol. The highest BCUT2D eigenvalue weighted by molar-refractivity contribution is 7.99. The van der Waals surface area contributed by atoms with Gasteiger partial charge in [-0.25, -0.2) is 9.97 Å². The number of carbonyl (C=O) groups excluding carboxylic acids is 1. The van der Waals surface area contributed by atoms with Crippen LogP contribution in [0.25, 0.3) is 10.2 Å². The standard InChI is InChI=1S/C28H26N6O2S3/c1-17-3-8-29-14-23(17)36-22-13-26(31-15-25(22)39-24-4-9-30-20-7-12-37-27(20)24)33-28-32-21(16-38-28)19-5-10-34(11-6-19)18(2)35/h3-4,7-9,12-16,19H,5-6,10-11H2,1-2H3,(H,31,32,33). The van der Waals surface area contributed by atoms with E-state index in [1.54, 1.807) is 53.8 Å². The molecule has 0 aromatic carbocycles. The van der Waals surface area contributed by atoms with Crippen LogP contribution in [0.15, 0.2) is 69.6 Å². The van der Waals surface area contributed by atoms with Crippen molar-refractivity contribution in [1.82, 2.24) is 24.8 Å². The molecular formula is C28H26N6O2S3. The maximum atomic E-state index is 11.7. The molecule has 1 N–H and O–H groups in total. The SMILES string of the molecule is CC(=O)N1CCC(c2csc(Nc3cc(Oc4cnccc4C)c(Sc4ccnc5ccsc45)cn3)n2)CC1. The molecule has 0 radical (unpaired) electrons. The molecule has 0 spiro atoms. The zero-order valence-corrected chi connectivity index (χ0v) is 23.9. The van der Waals surface area contributed by atoms with Crippen LogP contribution in [0.3, 0.4) is 0 Å². The average Bonchev–Trinajstić information content (AvgIpc) is 3.62. The van der Waals surface area contributed by atoms with Gasteiger partial charge in [0.2, 0.25) is 5.91 Å². The molecule has 0 unspecified atom stereocenters. The third-order valence-corrected chi connectivity index (χ3v) is 9.61. The number of likely N-dealkylation sites (tertiary alicyclic amines) is 1. The Bertz CT molecular complexity index is 1630. The van der Waals surface area contributed by atoms with Gasteiger partial charge in [-0.15, -0.1) is 22.7 Å². The Morgan fingerprint density at radius 1 is 1.08 bits per heavy atom. The number of amides is 1. The normalized spacial score (nSPS) is 14.1. The first-order valence-electron chi connectivity index (χ1n) is 12.6. The minimum absolute atomic E-state index is 0.144. The van der Waals surface area contributed by atoms with Crippen LogP contribution in [0.4, 0.5) is 10.9 Å². The lowest BCUT2D eigenvalue weighted by atomic mass is 9.94. The summed E-state index contributed by atoms with van der Waals surface area (Å²) in [6.07, 6.45) is 9.01. The van der Waals surface area contributed by atoms with Crippen molar-refractivity contribution >= 4 is 61.5 Å². The first-order chi connectivity index (χ1) is 19.0. The second-order valence-electron chi connectivity index (χ2n) is 9.29. The summed E-state index contributed by atoms with van der Waals surface area (Å²) in [4.78, 5) is 33.8. The van der Waals surface area contributed by atoms with Crippen molar-refractivity contribution in [3.63, 3.8) is 0 Å². The van der Waals surface area contributed by atoms with Crippen LogP contribution >= 0.6 is 34.4 Å². The summed E-state index contributed by atoms with van der Waals surface area (Å²) < 4.78 is 7.53. The zero-order valence-electron chi connectivity index (χ0n) is 21.5. The first-order valence-corrected chi connectivity index (χ1v) is 15.2. The maximum Gasteiger partial charge on any atom is 0.219 e. The molecule has 8 nitrogen and oxygen atoms in total. The molecule has 0 bridgehead atoms. The first kappa shape index (κ1) is 25.7. The number of thiazole rings is 1. The van der Waals surface area contributed by atoms with Gasteiger partial charge in [0.1, 0.15) is 17.3 Å². The molecule has 1 amide bonds. The van der Waals surface area contributed by atoms with Gasteiger partial charge in [0.15, 0.2) is 5.13 Å². The van der Waals surface area contributed by atoms with Crippen molar-refractivity contribution in [3.05, 3.63) is 71.1 Å². The Kier molecular flexibility index (Phi) is 7.45. The molecule has 5 aromatic heterocycles. The third-order valence-electron chi connectivity index (χ3n) is 6.69. The quantitative estimate of drug-likeness (QED) is 0.217. The fraction of sp³-hybridized carbons (Fsp3) is 0.250. The van der Waals surface area contributed by atoms with Crippen LogP contribution in [0.2, 0.25) is 0 Å². The third kappa shape index (κ3) is 5.75. The predicted molar refractivity (Wildman–Crippen MR) is 157 cm³/mol. The number of anilines is 2. The largest absolute Gasteiger partial charge is 0.454 e. The number of piperidine rings is 1. The number of rotatable bonds is 7. The van der Waals surface area contributed by atoms with Gasteiger partial charge >= 0.3 is 0 Å². The number of hydrogen-bond donors (Lipinski definition) is 1. The molecule has 1 saturated heterocycles. The van der Waals surface area contributed by atoms with E-state index in [-0.39, 0.29) is 5.91 Å². The van der Waals surface area contributed by atoms with E-state index in [1.807, 2.05) is 48.5 Å². The van der Waals surface area contributed by atoms with Crippen LogP contribution in [0.1, 0.15) is 36.9 Å². The highest BCUT2D eigenvalue weighted by Crippen LogP contribution is 2.42. The van der Waals surface area contributed by atoms with Crippen molar-refractivity contribution in [2.75, 3.05) is 18.4 Å². The van der Waals surface area contributed by atoms with Crippen LogP contribution < -0.4 is 10.1 Å². The minimum atomic E-state index is 0.144. The second-order valence-corrected chi connectivity index (χ2v) is 12.1. The Morgan fingerprint density at radius 3 is 2.77 bits per heavy atom. The molecule has 1 fully saturated rings. The summed E-state index contributed by atoms with van der Waals surface area (Å²) in [5, 5.41) is 8.31. The fourth-order valence-corrected chi connectivity index (χ4v) is 7.20. The number of nitrogens with one attached hydrogen (secondary N) is 1. The summed E-state index contributed by atoms with van der Waals surface area (Å²) >= 11 is 4.84. The monoisotopic (exact) mass is 574 g/mol. The molecule has 198 valence electrons. The van der Waals surface area contributed by atoms with Crippen molar-refractivity contribution < 1.29 is 9.53 Å². The topological polar surface area (TPSA) is 93.1 Å². The summed E-state index contributed by atoms with van der Waals surface area (Å²) in [7, 11) is 0. The molecule has 0 atom stereocenters. The highest BCUT2D eigenvalue weighted by atomic mass is 32.2. The van der Waals surface area contributed by atoms with Crippen molar-refractivity contribution in [2.24, 2.45) is 0 Å². The lowest BCUT2D eigenvalue weighted by Gasteiger charge is -2.30. The van der Waals surface area contributed by atoms with E-state index in [4.69, 9.17) is 14.7 Å². The van der Waals surface area contributed by atoms with E-state index in [0.29, 0.717) is 23.2 Å². The molecule has 6 rings (SSSR count). The number of aryl methyl sites for hydroxylation is 1. The van der Waals surface area contributed by atoms with E-state index in [9.17, 15) is 4.79 Å². The van der Waals surface area contributed by atoms with Crippen molar-refractivity contribution in [3.8, 4) is 11.5 Å². The van der Waals surface area contributed by atoms with E-state index in [1.165, 1.54) is 0 Å². The Labute approximate surface area is 238 Å². The van der Waals surface area contributed by atoms with Crippen LogP contribution in [-0.2, 0) is 4.79 Å². The van der Waals surface area contributed by atoms with Crippen LogP contribution in [-0.4, -0.2) is 43.8 Å². The molecule has 39 heavy (non-hydrogen) atoms. The number of pyridine rings is 3. The molecule has 0 saturated carbocycles. The number of aromatic nitrogens is 4. The van der Waals surface area contributed by atoms with Crippen LogP contribution in [0.5, 0.6) is 11.5 Å².